The van der Waals surface area contributed by atoms with Crippen molar-refractivity contribution in [3.05, 3.63) is 0 Å². The molecule has 7 heteroatoms. The molecule has 2 saturated heterocycles. The lowest BCUT2D eigenvalue weighted by molar-refractivity contribution is -0.125. The zero-order valence-corrected chi connectivity index (χ0v) is 12.3. The topological polar surface area (TPSA) is 67.9 Å². The third-order valence-electron chi connectivity index (χ3n) is 3.76. The van der Waals surface area contributed by atoms with Crippen LogP contribution < -0.4 is 0 Å². The standard InChI is InChI=1S/C14H24O7/c1-2-16-5-6-18-9-10-20-14(12-13(14)21-12)11-19-8-7-17-4-3-15-1/h12-13H,1-11H2. The number of rotatable bonds is 0. The van der Waals surface area contributed by atoms with Crippen molar-refractivity contribution in [1.82, 2.24) is 0 Å². The van der Waals surface area contributed by atoms with E-state index in [0.717, 1.165) is 0 Å². The van der Waals surface area contributed by atoms with Gasteiger partial charge in [0.15, 0.2) is 0 Å². The van der Waals surface area contributed by atoms with Crippen LogP contribution in [-0.2, 0) is 33.2 Å². The van der Waals surface area contributed by atoms with Gasteiger partial charge in [0.05, 0.1) is 72.7 Å². The van der Waals surface area contributed by atoms with Crippen LogP contribution in [0.1, 0.15) is 0 Å². The molecule has 7 nitrogen and oxygen atoms in total. The van der Waals surface area contributed by atoms with Gasteiger partial charge < -0.3 is 33.2 Å². The summed E-state index contributed by atoms with van der Waals surface area (Å²) in [6.45, 7) is 6.24. The summed E-state index contributed by atoms with van der Waals surface area (Å²) < 4.78 is 38.5. The summed E-state index contributed by atoms with van der Waals surface area (Å²) in [4.78, 5) is 0. The Hall–Kier alpha value is -0.280. The molecular weight excluding hydrogens is 280 g/mol. The molecule has 2 unspecified atom stereocenters. The monoisotopic (exact) mass is 304 g/mol. The van der Waals surface area contributed by atoms with Crippen molar-refractivity contribution >= 4 is 0 Å². The van der Waals surface area contributed by atoms with E-state index in [4.69, 9.17) is 33.2 Å². The van der Waals surface area contributed by atoms with Crippen molar-refractivity contribution in [2.45, 2.75) is 17.8 Å². The second-order valence-corrected chi connectivity index (χ2v) is 5.28. The van der Waals surface area contributed by atoms with Crippen LogP contribution in [-0.4, -0.2) is 90.5 Å². The van der Waals surface area contributed by atoms with E-state index in [9.17, 15) is 0 Å². The highest BCUT2D eigenvalue weighted by Gasteiger charge is 2.82. The highest BCUT2D eigenvalue weighted by atomic mass is 16.7. The van der Waals surface area contributed by atoms with Gasteiger partial charge >= 0.3 is 0 Å². The minimum absolute atomic E-state index is 0.223. The van der Waals surface area contributed by atoms with Crippen LogP contribution >= 0.6 is 0 Å². The first-order valence-electron chi connectivity index (χ1n) is 7.62. The molecule has 0 radical (unpaired) electrons. The van der Waals surface area contributed by atoms with Crippen molar-refractivity contribution in [3.8, 4) is 0 Å². The Morgan fingerprint density at radius 3 is 1.38 bits per heavy atom. The van der Waals surface area contributed by atoms with E-state index in [0.29, 0.717) is 72.7 Å². The highest BCUT2D eigenvalue weighted by Crippen LogP contribution is 2.59. The number of ether oxygens (including phenoxy) is 7. The predicted molar refractivity (Wildman–Crippen MR) is 71.4 cm³/mol. The molecule has 2 atom stereocenters. The minimum Gasteiger partial charge on any atom is -0.377 e. The van der Waals surface area contributed by atoms with E-state index in [1.165, 1.54) is 0 Å². The Morgan fingerprint density at radius 1 is 0.524 bits per heavy atom. The molecule has 3 rings (SSSR count). The summed E-state index contributed by atoms with van der Waals surface area (Å²) in [6, 6.07) is 0. The first-order valence-corrected chi connectivity index (χ1v) is 7.62. The fourth-order valence-corrected chi connectivity index (χ4v) is 2.39. The van der Waals surface area contributed by atoms with Gasteiger partial charge in [-0.1, -0.05) is 0 Å². The molecule has 2 aliphatic heterocycles. The predicted octanol–water partition coefficient (Wildman–Crippen LogP) is -0.381. The van der Waals surface area contributed by atoms with E-state index < -0.39 is 0 Å². The maximum atomic E-state index is 5.87. The zero-order valence-electron chi connectivity index (χ0n) is 12.3. The molecule has 2 heterocycles. The molecule has 1 aliphatic carbocycles. The lowest BCUT2D eigenvalue weighted by Crippen LogP contribution is -2.35. The normalized spacial score (nSPS) is 40.0. The third kappa shape index (κ3) is 4.35. The lowest BCUT2D eigenvalue weighted by Gasteiger charge is -2.22. The van der Waals surface area contributed by atoms with Crippen LogP contribution in [0.15, 0.2) is 0 Å². The Labute approximate surface area is 124 Å². The van der Waals surface area contributed by atoms with E-state index >= 15 is 0 Å². The van der Waals surface area contributed by atoms with Gasteiger partial charge in [-0.25, -0.2) is 0 Å². The maximum absolute atomic E-state index is 5.87. The van der Waals surface area contributed by atoms with Gasteiger partial charge in [0.25, 0.3) is 0 Å². The van der Waals surface area contributed by atoms with Crippen molar-refractivity contribution in [2.75, 3.05) is 72.7 Å². The van der Waals surface area contributed by atoms with Crippen LogP contribution in [0.5, 0.6) is 0 Å². The summed E-state index contributed by atoms with van der Waals surface area (Å²) >= 11 is 0. The first kappa shape index (κ1) is 15.6. The van der Waals surface area contributed by atoms with Gasteiger partial charge in [0.2, 0.25) is 0 Å². The molecule has 0 amide bonds. The first-order chi connectivity index (χ1) is 10.4. The number of hydrogen-bond acceptors (Lipinski definition) is 7. The molecule has 0 aromatic heterocycles. The Bertz CT molecular complexity index is 284. The fraction of sp³-hybridized carbons (Fsp3) is 1.00. The molecular formula is C14H24O7. The Kier molecular flexibility index (Phi) is 5.82. The van der Waals surface area contributed by atoms with Gasteiger partial charge in [-0.15, -0.1) is 0 Å². The van der Waals surface area contributed by atoms with Crippen LogP contribution in [0.25, 0.3) is 0 Å². The van der Waals surface area contributed by atoms with Gasteiger partial charge in [0.1, 0.15) is 17.8 Å². The van der Waals surface area contributed by atoms with Crippen molar-refractivity contribution in [3.63, 3.8) is 0 Å². The Balaban J connectivity index is 1.34. The van der Waals surface area contributed by atoms with Gasteiger partial charge in [-0.05, 0) is 0 Å². The molecule has 3 aliphatic rings. The van der Waals surface area contributed by atoms with Gasteiger partial charge in [0, 0.05) is 0 Å². The number of hydrogen-bond donors (Lipinski definition) is 0. The minimum atomic E-state index is -0.228. The number of fused-ring (bicyclic) bond motifs is 3. The van der Waals surface area contributed by atoms with Gasteiger partial charge in [-0.2, -0.15) is 0 Å². The molecule has 0 aromatic carbocycles. The van der Waals surface area contributed by atoms with Crippen LogP contribution in [0.4, 0.5) is 0 Å². The smallest absolute Gasteiger partial charge is 0.149 e. The molecule has 21 heavy (non-hydrogen) atoms. The van der Waals surface area contributed by atoms with E-state index in [1.807, 2.05) is 0 Å². The third-order valence-corrected chi connectivity index (χ3v) is 3.76. The van der Waals surface area contributed by atoms with E-state index in [2.05, 4.69) is 0 Å². The van der Waals surface area contributed by atoms with Crippen molar-refractivity contribution in [1.29, 1.82) is 0 Å². The fourth-order valence-electron chi connectivity index (χ4n) is 2.39. The molecule has 1 saturated carbocycles. The van der Waals surface area contributed by atoms with Crippen molar-refractivity contribution < 1.29 is 33.2 Å². The van der Waals surface area contributed by atoms with E-state index in [1.54, 1.807) is 0 Å². The summed E-state index contributed by atoms with van der Waals surface area (Å²) in [5, 5.41) is 0. The van der Waals surface area contributed by atoms with Crippen LogP contribution in [0.3, 0.4) is 0 Å². The average molecular weight is 304 g/mol. The van der Waals surface area contributed by atoms with Crippen LogP contribution in [0.2, 0.25) is 0 Å². The second-order valence-electron chi connectivity index (χ2n) is 5.28. The molecule has 0 bridgehead atoms. The lowest BCUT2D eigenvalue weighted by atomic mass is 10.3. The SMILES string of the molecule is C1COCCOCCOC2(COCCOCCO1)C1OC12. The largest absolute Gasteiger partial charge is 0.377 e. The second kappa shape index (κ2) is 7.82. The van der Waals surface area contributed by atoms with Crippen LogP contribution in [0, 0.1) is 0 Å². The maximum Gasteiger partial charge on any atom is 0.149 e. The summed E-state index contributed by atoms with van der Waals surface area (Å²) in [5.74, 6) is 0. The van der Waals surface area contributed by atoms with Crippen molar-refractivity contribution in [2.24, 2.45) is 0 Å². The zero-order chi connectivity index (χ0) is 14.4. The number of epoxide rings is 1. The molecule has 1 spiro atoms. The molecule has 122 valence electrons. The summed E-state index contributed by atoms with van der Waals surface area (Å²) in [7, 11) is 0. The molecule has 3 fully saturated rings. The molecule has 0 aromatic rings. The highest BCUT2D eigenvalue weighted by molar-refractivity contribution is 5.29. The molecule has 0 N–H and O–H groups in total. The average Bonchev–Trinajstić information content (AvgIpc) is 3.38. The summed E-state index contributed by atoms with van der Waals surface area (Å²) in [6.07, 6.45) is 0.446. The quantitative estimate of drug-likeness (QED) is 0.565. The van der Waals surface area contributed by atoms with Gasteiger partial charge in [-0.3, -0.25) is 0 Å². The Morgan fingerprint density at radius 2 is 0.952 bits per heavy atom. The van der Waals surface area contributed by atoms with E-state index in [-0.39, 0.29) is 17.8 Å². The summed E-state index contributed by atoms with van der Waals surface area (Å²) in [5.41, 5.74) is -0.228.